The van der Waals surface area contributed by atoms with Crippen LogP contribution in [0.3, 0.4) is 0 Å². The number of allylic oxidation sites excluding steroid dienone is 2. The Morgan fingerprint density at radius 2 is 1.79 bits per heavy atom. The van der Waals surface area contributed by atoms with Crippen LogP contribution in [0.5, 0.6) is 0 Å². The number of aromatic nitrogens is 1. The van der Waals surface area contributed by atoms with Crippen molar-refractivity contribution in [2.75, 3.05) is 0 Å². The van der Waals surface area contributed by atoms with Crippen molar-refractivity contribution >= 4 is 5.70 Å². The van der Waals surface area contributed by atoms with Gasteiger partial charge in [-0.05, 0) is 80.6 Å². The molecule has 0 amide bonds. The molecule has 7 atom stereocenters. The molecule has 29 heavy (non-hydrogen) atoms. The molecular weight excluding hydrogens is 358 g/mol. The molecule has 4 aliphatic rings. The van der Waals surface area contributed by atoms with Gasteiger partial charge in [0, 0.05) is 12.1 Å². The molecule has 4 aliphatic carbocycles. The molecule has 0 spiro atoms. The van der Waals surface area contributed by atoms with Crippen LogP contribution in [0.4, 0.5) is 0 Å². The summed E-state index contributed by atoms with van der Waals surface area (Å²) >= 11 is 0. The van der Waals surface area contributed by atoms with Crippen molar-refractivity contribution in [2.24, 2.45) is 28.6 Å². The van der Waals surface area contributed by atoms with Gasteiger partial charge < -0.3 is 10.2 Å². The van der Waals surface area contributed by atoms with Gasteiger partial charge in [0.1, 0.15) is 0 Å². The summed E-state index contributed by atoms with van der Waals surface area (Å²) in [5.41, 5.74) is 4.64. The lowest BCUT2D eigenvalue weighted by Gasteiger charge is -2.58. The second-order valence-corrected chi connectivity index (χ2v) is 10.5. The molecule has 0 saturated heterocycles. The molecule has 0 aliphatic heterocycles. The largest absolute Gasteiger partial charge is 0.393 e. The lowest BCUT2D eigenvalue weighted by molar-refractivity contribution is -0.591. The van der Waals surface area contributed by atoms with Crippen LogP contribution < -0.4 is 4.57 Å². The van der Waals surface area contributed by atoms with E-state index in [2.05, 4.69) is 62.0 Å². The number of pyridine rings is 1. The van der Waals surface area contributed by atoms with E-state index in [1.807, 2.05) is 0 Å². The third kappa shape index (κ3) is 2.66. The van der Waals surface area contributed by atoms with E-state index < -0.39 is 0 Å². The standard InChI is InChI=1S/C26H36NO2/c1-4-26-11-9-20-23(22(29)16-18-15-19(28)8-10-25(18,20)3)21(26)14-17(2)24(26)27-12-6-5-7-13-27/h5-7,12-13,16,19-23,28-29H,4,8-11,14-15H2,1-3H3/q+1/t19-,20-,21-,22-,23+,25-,26-/m0/s1. The van der Waals surface area contributed by atoms with Gasteiger partial charge in [-0.25, -0.2) is 0 Å². The summed E-state index contributed by atoms with van der Waals surface area (Å²) in [5.74, 6) is 1.36. The number of aliphatic hydroxyl groups excluding tert-OH is 2. The van der Waals surface area contributed by atoms with Gasteiger partial charge in [-0.1, -0.05) is 31.6 Å². The Morgan fingerprint density at radius 1 is 1.03 bits per heavy atom. The first kappa shape index (κ1) is 19.5. The summed E-state index contributed by atoms with van der Waals surface area (Å²) in [4.78, 5) is 0. The lowest BCUT2D eigenvalue weighted by Crippen LogP contribution is -2.56. The van der Waals surface area contributed by atoms with E-state index in [1.165, 1.54) is 29.7 Å². The van der Waals surface area contributed by atoms with Crippen LogP contribution in [0.15, 0.2) is 47.8 Å². The van der Waals surface area contributed by atoms with E-state index in [0.717, 1.165) is 32.1 Å². The van der Waals surface area contributed by atoms with E-state index in [9.17, 15) is 10.2 Å². The number of hydrogen-bond acceptors (Lipinski definition) is 2. The summed E-state index contributed by atoms with van der Waals surface area (Å²) in [7, 11) is 0. The Balaban J connectivity index is 1.57. The van der Waals surface area contributed by atoms with Gasteiger partial charge in [-0.15, -0.1) is 0 Å². The van der Waals surface area contributed by atoms with Gasteiger partial charge in [-0.2, -0.15) is 4.57 Å². The van der Waals surface area contributed by atoms with Crippen LogP contribution in [-0.4, -0.2) is 22.4 Å². The second-order valence-electron chi connectivity index (χ2n) is 10.5. The summed E-state index contributed by atoms with van der Waals surface area (Å²) in [5, 5.41) is 21.6. The third-order valence-corrected chi connectivity index (χ3v) is 9.32. The highest BCUT2D eigenvalue weighted by Gasteiger charge is 2.63. The van der Waals surface area contributed by atoms with Gasteiger partial charge in [0.25, 0.3) is 0 Å². The average Bonchev–Trinajstić information content (AvgIpc) is 3.02. The van der Waals surface area contributed by atoms with Gasteiger partial charge in [0.2, 0.25) is 0 Å². The third-order valence-electron chi connectivity index (χ3n) is 9.32. The van der Waals surface area contributed by atoms with E-state index in [0.29, 0.717) is 17.8 Å². The summed E-state index contributed by atoms with van der Waals surface area (Å²) < 4.78 is 2.36. The minimum Gasteiger partial charge on any atom is -0.393 e. The quantitative estimate of drug-likeness (QED) is 0.573. The highest BCUT2D eigenvalue weighted by atomic mass is 16.3. The molecule has 1 heterocycles. The molecular formula is C26H36NO2+. The fourth-order valence-electron chi connectivity index (χ4n) is 7.98. The van der Waals surface area contributed by atoms with Crippen molar-refractivity contribution in [3.8, 4) is 0 Å². The van der Waals surface area contributed by atoms with Crippen molar-refractivity contribution in [3.05, 3.63) is 47.8 Å². The minimum atomic E-state index is -0.377. The van der Waals surface area contributed by atoms with Crippen molar-refractivity contribution < 1.29 is 14.8 Å². The maximum Gasteiger partial charge on any atom is 0.192 e. The fourth-order valence-corrected chi connectivity index (χ4v) is 7.98. The number of rotatable bonds is 2. The van der Waals surface area contributed by atoms with Crippen LogP contribution in [0.2, 0.25) is 0 Å². The molecule has 2 fully saturated rings. The number of nitrogens with zero attached hydrogens (tertiary/aromatic N) is 1. The number of hydrogen-bond donors (Lipinski definition) is 2. The zero-order valence-corrected chi connectivity index (χ0v) is 18.1. The molecule has 2 N–H and O–H groups in total. The minimum absolute atomic E-state index is 0.152. The van der Waals surface area contributed by atoms with Gasteiger partial charge in [0.05, 0.1) is 17.6 Å². The molecule has 3 nitrogen and oxygen atoms in total. The Hall–Kier alpha value is -1.45. The maximum absolute atomic E-state index is 11.4. The van der Waals surface area contributed by atoms with Crippen LogP contribution in [0, 0.1) is 28.6 Å². The summed E-state index contributed by atoms with van der Waals surface area (Å²) in [6.45, 7) is 7.09. The van der Waals surface area contributed by atoms with E-state index in [-0.39, 0.29) is 23.0 Å². The number of aliphatic hydroxyl groups is 2. The lowest BCUT2D eigenvalue weighted by atomic mass is 9.46. The highest BCUT2D eigenvalue weighted by Crippen LogP contribution is 2.67. The summed E-state index contributed by atoms with van der Waals surface area (Å²) in [6, 6.07) is 6.34. The average molecular weight is 395 g/mol. The molecule has 1 aromatic rings. The highest BCUT2D eigenvalue weighted by molar-refractivity contribution is 5.54. The monoisotopic (exact) mass is 394 g/mol. The second kappa shape index (κ2) is 6.78. The maximum atomic E-state index is 11.4. The van der Waals surface area contributed by atoms with Gasteiger partial charge in [-0.3, -0.25) is 0 Å². The molecule has 2 saturated carbocycles. The molecule has 5 rings (SSSR count). The van der Waals surface area contributed by atoms with Crippen molar-refractivity contribution in [1.82, 2.24) is 0 Å². The first-order chi connectivity index (χ1) is 13.9. The molecule has 0 aromatic carbocycles. The zero-order chi connectivity index (χ0) is 20.4. The van der Waals surface area contributed by atoms with Crippen molar-refractivity contribution in [2.45, 2.75) is 77.9 Å². The predicted octanol–water partition coefficient (Wildman–Crippen LogP) is 4.50. The van der Waals surface area contributed by atoms with Gasteiger partial charge >= 0.3 is 0 Å². The van der Waals surface area contributed by atoms with Crippen molar-refractivity contribution in [3.63, 3.8) is 0 Å². The van der Waals surface area contributed by atoms with Crippen LogP contribution in [-0.2, 0) is 0 Å². The topological polar surface area (TPSA) is 44.3 Å². The Labute approximate surface area is 175 Å². The molecule has 3 heteroatoms. The first-order valence-corrected chi connectivity index (χ1v) is 11.6. The normalized spacial score (nSPS) is 44.0. The summed E-state index contributed by atoms with van der Waals surface area (Å²) in [6.07, 6.45) is 13.3. The molecule has 0 unspecified atom stereocenters. The predicted molar refractivity (Wildman–Crippen MR) is 115 cm³/mol. The van der Waals surface area contributed by atoms with Gasteiger partial charge in [0.15, 0.2) is 18.1 Å². The Kier molecular flexibility index (Phi) is 4.56. The molecule has 0 bridgehead atoms. The molecule has 156 valence electrons. The van der Waals surface area contributed by atoms with E-state index in [1.54, 1.807) is 0 Å². The van der Waals surface area contributed by atoms with Crippen LogP contribution in [0.25, 0.3) is 5.70 Å². The smallest absolute Gasteiger partial charge is 0.192 e. The van der Waals surface area contributed by atoms with Crippen molar-refractivity contribution in [1.29, 1.82) is 0 Å². The number of fused-ring (bicyclic) bond motifs is 5. The molecule has 0 radical (unpaired) electrons. The van der Waals surface area contributed by atoms with E-state index >= 15 is 0 Å². The Bertz CT molecular complexity index is 859. The SMILES string of the molecule is CC[C@]12CC[C@H]3[C@@H]([C@@H](O)C=C4C[C@@H](O)CC[C@@]43C)[C@@H]1CC(C)=C2[n+]1ccccc1. The fraction of sp³-hybridized carbons (Fsp3) is 0.654. The zero-order valence-electron chi connectivity index (χ0n) is 18.1. The van der Waals surface area contributed by atoms with Crippen LogP contribution >= 0.6 is 0 Å². The van der Waals surface area contributed by atoms with Crippen LogP contribution in [0.1, 0.15) is 65.7 Å². The first-order valence-electron chi connectivity index (χ1n) is 11.6. The Morgan fingerprint density at radius 3 is 2.52 bits per heavy atom. The van der Waals surface area contributed by atoms with E-state index in [4.69, 9.17) is 0 Å². The molecule has 1 aromatic heterocycles.